The van der Waals surface area contributed by atoms with Gasteiger partial charge >= 0.3 is 6.03 Å². The number of nitrogens with one attached hydrogen (secondary N) is 1. The summed E-state index contributed by atoms with van der Waals surface area (Å²) in [5.74, 6) is -2.92. The van der Waals surface area contributed by atoms with Crippen LogP contribution < -0.4 is 5.32 Å². The summed E-state index contributed by atoms with van der Waals surface area (Å²) in [6.07, 6.45) is 5.20. The molecule has 55 heavy (non-hydrogen) atoms. The quantitative estimate of drug-likeness (QED) is 0.114. The number of hydrogen-bond donors (Lipinski definition) is 3. The number of allylic oxidation sites excluding steroid dienone is 2. The Kier molecular flexibility index (Phi) is 11.0. The van der Waals surface area contributed by atoms with E-state index in [4.69, 9.17) is 0 Å². The van der Waals surface area contributed by atoms with Crippen molar-refractivity contribution in [1.29, 1.82) is 0 Å². The zero-order valence-electron chi connectivity index (χ0n) is 31.4. The first-order valence-electron chi connectivity index (χ1n) is 19.2. The molecule has 0 spiro atoms. The maximum atomic E-state index is 14.5. The van der Waals surface area contributed by atoms with Crippen molar-refractivity contribution in [2.24, 2.45) is 5.41 Å². The molecule has 3 aliphatic carbocycles. The molecule has 8 rings (SSSR count). The zero-order chi connectivity index (χ0) is 38.7. The molecule has 0 heterocycles. The molecule has 284 valence electrons. The van der Waals surface area contributed by atoms with Gasteiger partial charge in [-0.25, -0.2) is 13.6 Å². The predicted octanol–water partition coefficient (Wildman–Crippen LogP) is 10.1. The molecule has 1 fully saturated rings. The van der Waals surface area contributed by atoms with Gasteiger partial charge in [0.25, 0.3) is 0 Å². The molecule has 0 saturated heterocycles. The van der Waals surface area contributed by atoms with Gasteiger partial charge in [0.05, 0.1) is 18.2 Å². The van der Waals surface area contributed by atoms with E-state index in [0.29, 0.717) is 61.8 Å². The smallest absolute Gasteiger partial charge is 0.322 e. The van der Waals surface area contributed by atoms with Crippen LogP contribution in [0.1, 0.15) is 90.9 Å². The second-order valence-electron chi connectivity index (χ2n) is 15.7. The molecule has 1 saturated carbocycles. The number of aliphatic hydroxyl groups is 2. The molecule has 5 aromatic carbocycles. The van der Waals surface area contributed by atoms with Gasteiger partial charge in [0.2, 0.25) is 0 Å². The Balaban J connectivity index is 1.31. The average Bonchev–Trinajstić information content (AvgIpc) is 3.43. The summed E-state index contributed by atoms with van der Waals surface area (Å²) in [5, 5.41) is 29.2. The van der Waals surface area contributed by atoms with Crippen LogP contribution in [0.25, 0.3) is 10.8 Å². The molecule has 0 radical (unpaired) electrons. The number of anilines is 1. The molecule has 4 unspecified atom stereocenters. The first kappa shape index (κ1) is 38.1. The van der Waals surface area contributed by atoms with Gasteiger partial charge in [-0.05, 0) is 122 Å². The number of rotatable bonds is 7. The van der Waals surface area contributed by atoms with E-state index >= 15 is 0 Å². The fraction of sp³-hybridized carbons (Fsp3) is 0.319. The number of halogens is 2. The van der Waals surface area contributed by atoms with Crippen LogP contribution in [0, 0.1) is 17.0 Å². The van der Waals surface area contributed by atoms with E-state index in [1.807, 2.05) is 84.9 Å². The minimum absolute atomic E-state index is 0.0198. The third kappa shape index (κ3) is 7.98. The Labute approximate surface area is 321 Å². The maximum Gasteiger partial charge on any atom is 0.322 e. The lowest BCUT2D eigenvalue weighted by Crippen LogP contribution is -2.54. The molecule has 3 aliphatic rings. The van der Waals surface area contributed by atoms with Crippen LogP contribution in [0.15, 0.2) is 121 Å². The number of amides is 2. The van der Waals surface area contributed by atoms with E-state index < -0.39 is 34.5 Å². The van der Waals surface area contributed by atoms with Crippen LogP contribution >= 0.6 is 0 Å². The molecular formula is C47H48F2N2O4. The predicted molar refractivity (Wildman–Crippen MR) is 213 cm³/mol. The average molecular weight is 743 g/mol. The van der Waals surface area contributed by atoms with E-state index in [0.717, 1.165) is 39.6 Å². The molecule has 2 bridgehead atoms. The summed E-state index contributed by atoms with van der Waals surface area (Å²) in [5.41, 5.74) is 2.36. The summed E-state index contributed by atoms with van der Waals surface area (Å²) >= 11 is 0. The normalized spacial score (nSPS) is 22.8. The molecule has 8 heteroatoms. The largest absolute Gasteiger partial charge is 0.393 e. The molecule has 4 atom stereocenters. The second-order valence-corrected chi connectivity index (χ2v) is 15.7. The van der Waals surface area contributed by atoms with Crippen molar-refractivity contribution in [2.45, 2.75) is 83.0 Å². The van der Waals surface area contributed by atoms with Crippen molar-refractivity contribution in [1.82, 2.24) is 4.90 Å². The summed E-state index contributed by atoms with van der Waals surface area (Å²) in [6, 6.07) is 31.8. The van der Waals surface area contributed by atoms with E-state index in [9.17, 15) is 28.6 Å². The number of nitrogens with zero attached hydrogens (tertiary/aromatic N) is 1. The van der Waals surface area contributed by atoms with E-state index in [-0.39, 0.29) is 30.6 Å². The van der Waals surface area contributed by atoms with Crippen LogP contribution in [0.5, 0.6) is 0 Å². The standard InChI is InChI=1S/C47H48F2N2O4/c1-31-10-9-24-46(2)41(39-21-18-32(26-37(52)20-17-31)27-40(39)44(53)34-19-22-42(48)43(49)28-34)23-25-47(46,55)30-51(45(54)50-36-14-4-3-5-15-36)29-35-13-8-12-33-11-6-7-16-38(33)35/h3-8,10-16,18-19,21-22,27-28,37,41,52,55H,9,17,20,23-26,29-30H2,1-2H3,(H,50,54). The van der Waals surface area contributed by atoms with Crippen molar-refractivity contribution >= 4 is 28.3 Å². The lowest BCUT2D eigenvalue weighted by molar-refractivity contribution is -0.0773. The van der Waals surface area contributed by atoms with Crippen molar-refractivity contribution in [3.63, 3.8) is 0 Å². The number of benzene rings is 5. The molecule has 6 nitrogen and oxygen atoms in total. The fourth-order valence-corrected chi connectivity index (χ4v) is 8.86. The number of para-hydroxylation sites is 1. The summed E-state index contributed by atoms with van der Waals surface area (Å²) < 4.78 is 28.5. The highest BCUT2D eigenvalue weighted by Gasteiger charge is 2.57. The van der Waals surface area contributed by atoms with E-state index in [1.54, 1.807) is 11.0 Å². The summed E-state index contributed by atoms with van der Waals surface area (Å²) in [4.78, 5) is 30.3. The molecule has 5 aromatic rings. The third-order valence-corrected chi connectivity index (χ3v) is 12.1. The van der Waals surface area contributed by atoms with Gasteiger partial charge < -0.3 is 20.4 Å². The zero-order valence-corrected chi connectivity index (χ0v) is 31.4. The molecule has 2 amide bonds. The van der Waals surface area contributed by atoms with Crippen molar-refractivity contribution in [3.05, 3.63) is 160 Å². The number of hydrogen-bond acceptors (Lipinski definition) is 4. The first-order chi connectivity index (χ1) is 26.4. The van der Waals surface area contributed by atoms with Crippen LogP contribution in [-0.2, 0) is 13.0 Å². The van der Waals surface area contributed by atoms with Crippen LogP contribution in [0.4, 0.5) is 19.3 Å². The van der Waals surface area contributed by atoms with Crippen molar-refractivity contribution in [2.75, 3.05) is 11.9 Å². The minimum Gasteiger partial charge on any atom is -0.393 e. The molecule has 3 N–H and O–H groups in total. The molecule has 0 aromatic heterocycles. The highest BCUT2D eigenvalue weighted by atomic mass is 19.2. The van der Waals surface area contributed by atoms with Crippen LogP contribution in [-0.4, -0.2) is 45.2 Å². The van der Waals surface area contributed by atoms with E-state index in [2.05, 4.69) is 25.2 Å². The maximum absolute atomic E-state index is 14.5. The molecular weight excluding hydrogens is 695 g/mol. The van der Waals surface area contributed by atoms with Gasteiger partial charge in [-0.2, -0.15) is 0 Å². The molecule has 0 aliphatic heterocycles. The number of urea groups is 1. The van der Waals surface area contributed by atoms with Gasteiger partial charge in [-0.1, -0.05) is 91.4 Å². The number of fused-ring (bicyclic) bond motifs is 9. The summed E-state index contributed by atoms with van der Waals surface area (Å²) in [7, 11) is 0. The summed E-state index contributed by atoms with van der Waals surface area (Å²) in [6.45, 7) is 4.40. The Morgan fingerprint density at radius 3 is 2.44 bits per heavy atom. The van der Waals surface area contributed by atoms with Gasteiger partial charge in [-0.15, -0.1) is 0 Å². The Morgan fingerprint density at radius 1 is 0.873 bits per heavy atom. The highest BCUT2D eigenvalue weighted by Crippen LogP contribution is 2.59. The lowest BCUT2D eigenvalue weighted by Gasteiger charge is -2.46. The Morgan fingerprint density at radius 2 is 1.64 bits per heavy atom. The Hall–Kier alpha value is -5.18. The van der Waals surface area contributed by atoms with Gasteiger partial charge in [0, 0.05) is 28.8 Å². The highest BCUT2D eigenvalue weighted by molar-refractivity contribution is 6.10. The number of carbonyl (C=O) groups is 2. The SMILES string of the molecule is CC1=CCCC2(C)C(CCC2(O)CN(Cc2cccc3ccccc23)C(=O)Nc2ccccc2)c2ccc(cc2C(=O)c2ccc(F)c(F)c2)CC(O)CC1. The second kappa shape index (κ2) is 15.9. The number of ketones is 1. The Bertz CT molecular complexity index is 2230. The van der Waals surface area contributed by atoms with E-state index in [1.165, 1.54) is 6.07 Å². The van der Waals surface area contributed by atoms with Gasteiger partial charge in [0.1, 0.15) is 0 Å². The number of carbonyl (C=O) groups excluding carboxylic acids is 2. The monoisotopic (exact) mass is 742 g/mol. The third-order valence-electron chi connectivity index (χ3n) is 12.1. The van der Waals surface area contributed by atoms with Crippen molar-refractivity contribution < 1.29 is 28.6 Å². The first-order valence-corrected chi connectivity index (χ1v) is 19.2. The minimum atomic E-state index is -1.38. The van der Waals surface area contributed by atoms with Crippen LogP contribution in [0.2, 0.25) is 0 Å². The van der Waals surface area contributed by atoms with Crippen molar-refractivity contribution in [3.8, 4) is 0 Å². The van der Waals surface area contributed by atoms with Crippen LogP contribution in [0.3, 0.4) is 0 Å². The number of aliphatic hydroxyl groups excluding tert-OH is 1. The lowest BCUT2D eigenvalue weighted by atomic mass is 9.64. The van der Waals surface area contributed by atoms with Gasteiger partial charge in [-0.3, -0.25) is 4.79 Å². The topological polar surface area (TPSA) is 89.9 Å². The van der Waals surface area contributed by atoms with Gasteiger partial charge in [0.15, 0.2) is 17.4 Å². The fourth-order valence-electron chi connectivity index (χ4n) is 8.86.